The molecule has 0 amide bonds. The summed E-state index contributed by atoms with van der Waals surface area (Å²) >= 11 is 0. The number of nitrogens with zero attached hydrogens (tertiary/aromatic N) is 3. The Labute approximate surface area is 151 Å². The first-order valence-corrected chi connectivity index (χ1v) is 9.58. The summed E-state index contributed by atoms with van der Waals surface area (Å²) in [4.78, 5) is 4.12. The zero-order valence-corrected chi connectivity index (χ0v) is 15.2. The van der Waals surface area contributed by atoms with Gasteiger partial charge < -0.3 is 0 Å². The van der Waals surface area contributed by atoms with E-state index in [0.29, 0.717) is 12.5 Å². The van der Waals surface area contributed by atoms with Gasteiger partial charge in [0.05, 0.1) is 11.4 Å². The highest BCUT2D eigenvalue weighted by Crippen LogP contribution is 2.18. The third kappa shape index (κ3) is 4.26. The summed E-state index contributed by atoms with van der Waals surface area (Å²) in [5, 5.41) is 4.11. The van der Waals surface area contributed by atoms with Gasteiger partial charge in [0.25, 0.3) is 16.0 Å². The Hall–Kier alpha value is -2.74. The van der Waals surface area contributed by atoms with Crippen LogP contribution in [0.4, 0.5) is 10.3 Å². The lowest BCUT2D eigenvalue weighted by Gasteiger charge is -2.08. The van der Waals surface area contributed by atoms with E-state index in [9.17, 15) is 12.8 Å². The monoisotopic (exact) mass is 374 g/mol. The van der Waals surface area contributed by atoms with E-state index in [1.807, 2.05) is 13.8 Å². The fourth-order valence-corrected chi connectivity index (χ4v) is 3.35. The standard InChI is InChI=1S/C18H19FN4O2S/c1-13(2)15-5-9-17(10-6-15)26(24,25)22-18-20-12-23(21-18)11-14-3-7-16(19)8-4-14/h3-10,12-13H,11H2,1-2H3,(H,21,22). The van der Waals surface area contributed by atoms with Crippen LogP contribution in [0.3, 0.4) is 0 Å². The second kappa shape index (κ2) is 7.25. The van der Waals surface area contributed by atoms with Crippen LogP contribution in [0.15, 0.2) is 59.8 Å². The summed E-state index contributed by atoms with van der Waals surface area (Å²) in [6, 6.07) is 12.7. The number of hydrogen-bond acceptors (Lipinski definition) is 4. The van der Waals surface area contributed by atoms with Crippen molar-refractivity contribution in [1.82, 2.24) is 14.8 Å². The average Bonchev–Trinajstić information content (AvgIpc) is 3.03. The van der Waals surface area contributed by atoms with Gasteiger partial charge in [-0.1, -0.05) is 38.1 Å². The van der Waals surface area contributed by atoms with Crippen LogP contribution in [0.2, 0.25) is 0 Å². The van der Waals surface area contributed by atoms with E-state index >= 15 is 0 Å². The molecule has 3 rings (SSSR count). The molecule has 6 nitrogen and oxygen atoms in total. The Kier molecular flexibility index (Phi) is 5.03. The molecule has 0 aliphatic carbocycles. The first-order chi connectivity index (χ1) is 12.3. The molecule has 1 N–H and O–H groups in total. The summed E-state index contributed by atoms with van der Waals surface area (Å²) in [5.74, 6) is -0.00661. The maximum atomic E-state index is 12.9. The van der Waals surface area contributed by atoms with E-state index in [1.54, 1.807) is 36.4 Å². The normalized spacial score (nSPS) is 11.7. The molecule has 2 aromatic carbocycles. The number of aromatic nitrogens is 3. The van der Waals surface area contributed by atoms with Crippen molar-refractivity contribution < 1.29 is 12.8 Å². The van der Waals surface area contributed by atoms with E-state index in [-0.39, 0.29) is 16.7 Å². The van der Waals surface area contributed by atoms with Crippen molar-refractivity contribution >= 4 is 16.0 Å². The molecule has 0 fully saturated rings. The zero-order chi connectivity index (χ0) is 18.7. The largest absolute Gasteiger partial charge is 0.264 e. The summed E-state index contributed by atoms with van der Waals surface area (Å²) in [6.45, 7) is 4.44. The van der Waals surface area contributed by atoms with Crippen LogP contribution >= 0.6 is 0 Å². The van der Waals surface area contributed by atoms with Gasteiger partial charge in [0.1, 0.15) is 12.1 Å². The summed E-state index contributed by atoms with van der Waals surface area (Å²) in [5.41, 5.74) is 1.89. The van der Waals surface area contributed by atoms with Crippen molar-refractivity contribution in [3.05, 3.63) is 71.8 Å². The van der Waals surface area contributed by atoms with Gasteiger partial charge in [-0.15, -0.1) is 5.10 Å². The minimum absolute atomic E-state index is 0.0138. The number of hydrogen-bond donors (Lipinski definition) is 1. The summed E-state index contributed by atoms with van der Waals surface area (Å²) in [6.07, 6.45) is 1.42. The van der Waals surface area contributed by atoms with Gasteiger partial charge in [0, 0.05) is 0 Å². The molecule has 0 radical (unpaired) electrons. The maximum Gasteiger partial charge on any atom is 0.264 e. The highest BCUT2D eigenvalue weighted by Gasteiger charge is 2.16. The third-order valence-corrected chi connectivity index (χ3v) is 5.22. The Morgan fingerprint density at radius 3 is 2.35 bits per heavy atom. The SMILES string of the molecule is CC(C)c1ccc(S(=O)(=O)Nc2ncn(Cc3ccc(F)cc3)n2)cc1. The zero-order valence-electron chi connectivity index (χ0n) is 14.4. The van der Waals surface area contributed by atoms with E-state index in [4.69, 9.17) is 0 Å². The number of halogens is 1. The minimum Gasteiger partial charge on any atom is -0.246 e. The minimum atomic E-state index is -3.76. The molecular formula is C18H19FN4O2S. The Morgan fingerprint density at radius 1 is 1.08 bits per heavy atom. The van der Waals surface area contributed by atoms with Gasteiger partial charge in [-0.25, -0.2) is 22.2 Å². The van der Waals surface area contributed by atoms with Gasteiger partial charge >= 0.3 is 0 Å². The molecule has 0 aliphatic rings. The average molecular weight is 374 g/mol. The number of nitrogens with one attached hydrogen (secondary N) is 1. The number of anilines is 1. The molecule has 0 bridgehead atoms. The lowest BCUT2D eigenvalue weighted by molar-refractivity contribution is 0.600. The number of benzene rings is 2. The Morgan fingerprint density at radius 2 is 1.73 bits per heavy atom. The van der Waals surface area contributed by atoms with Crippen molar-refractivity contribution in [2.45, 2.75) is 31.2 Å². The van der Waals surface area contributed by atoms with E-state index in [2.05, 4.69) is 14.8 Å². The highest BCUT2D eigenvalue weighted by molar-refractivity contribution is 7.92. The van der Waals surface area contributed by atoms with Crippen molar-refractivity contribution in [1.29, 1.82) is 0 Å². The van der Waals surface area contributed by atoms with Crippen molar-refractivity contribution in [2.75, 3.05) is 4.72 Å². The lowest BCUT2D eigenvalue weighted by Crippen LogP contribution is -2.14. The summed E-state index contributed by atoms with van der Waals surface area (Å²) in [7, 11) is -3.76. The second-order valence-electron chi connectivity index (χ2n) is 6.22. The van der Waals surface area contributed by atoms with Crippen molar-refractivity contribution in [3.8, 4) is 0 Å². The molecule has 0 saturated heterocycles. The third-order valence-electron chi connectivity index (χ3n) is 3.88. The molecule has 0 saturated carbocycles. The fraction of sp³-hybridized carbons (Fsp3) is 0.222. The summed E-state index contributed by atoms with van der Waals surface area (Å²) < 4.78 is 41.7. The number of rotatable bonds is 6. The smallest absolute Gasteiger partial charge is 0.246 e. The van der Waals surface area contributed by atoms with Crippen LogP contribution < -0.4 is 4.72 Å². The van der Waals surface area contributed by atoms with Gasteiger partial charge in [0.15, 0.2) is 0 Å². The van der Waals surface area contributed by atoms with Crippen LogP contribution in [0.1, 0.15) is 30.9 Å². The first kappa shape index (κ1) is 18.1. The van der Waals surface area contributed by atoms with Crippen LogP contribution in [-0.4, -0.2) is 23.2 Å². The molecule has 26 heavy (non-hydrogen) atoms. The molecule has 136 valence electrons. The van der Waals surface area contributed by atoms with Gasteiger partial charge in [0.2, 0.25) is 0 Å². The fourth-order valence-electron chi connectivity index (χ4n) is 2.41. The molecule has 1 aromatic heterocycles. The van der Waals surface area contributed by atoms with Crippen LogP contribution in [0, 0.1) is 5.82 Å². The second-order valence-corrected chi connectivity index (χ2v) is 7.90. The molecule has 0 spiro atoms. The quantitative estimate of drug-likeness (QED) is 0.717. The van der Waals surface area contributed by atoms with Crippen molar-refractivity contribution in [3.63, 3.8) is 0 Å². The molecule has 3 aromatic rings. The predicted octanol–water partition coefficient (Wildman–Crippen LogP) is 3.39. The van der Waals surface area contributed by atoms with Gasteiger partial charge in [-0.3, -0.25) is 0 Å². The maximum absolute atomic E-state index is 12.9. The van der Waals surface area contributed by atoms with Gasteiger partial charge in [-0.05, 0) is 41.3 Å². The van der Waals surface area contributed by atoms with Crippen LogP contribution in [0.5, 0.6) is 0 Å². The van der Waals surface area contributed by atoms with E-state index in [1.165, 1.54) is 23.1 Å². The Bertz CT molecular complexity index is 981. The van der Waals surface area contributed by atoms with Crippen LogP contribution in [0.25, 0.3) is 0 Å². The first-order valence-electron chi connectivity index (χ1n) is 8.10. The van der Waals surface area contributed by atoms with Crippen molar-refractivity contribution in [2.24, 2.45) is 0 Å². The molecule has 1 heterocycles. The topological polar surface area (TPSA) is 76.9 Å². The molecule has 0 unspecified atom stereocenters. The lowest BCUT2D eigenvalue weighted by atomic mass is 10.0. The van der Waals surface area contributed by atoms with E-state index < -0.39 is 10.0 Å². The van der Waals surface area contributed by atoms with E-state index in [0.717, 1.165) is 11.1 Å². The number of sulfonamides is 1. The predicted molar refractivity (Wildman–Crippen MR) is 96.9 cm³/mol. The van der Waals surface area contributed by atoms with Crippen LogP contribution in [-0.2, 0) is 16.6 Å². The Balaban J connectivity index is 1.72. The molecule has 0 aliphatic heterocycles. The molecular weight excluding hydrogens is 355 g/mol. The molecule has 8 heteroatoms. The van der Waals surface area contributed by atoms with Gasteiger partial charge in [-0.2, -0.15) is 4.98 Å². The molecule has 0 atom stereocenters. The highest BCUT2D eigenvalue weighted by atomic mass is 32.2.